The number of H-pyrrole nitrogens is 1. The van der Waals surface area contributed by atoms with Gasteiger partial charge in [-0.05, 0) is 37.3 Å². The molecule has 2 aromatic heterocycles. The summed E-state index contributed by atoms with van der Waals surface area (Å²) in [7, 11) is 0. The summed E-state index contributed by atoms with van der Waals surface area (Å²) in [4.78, 5) is 11.7. The molecule has 90 valence electrons. The standard InChI is InChI=1S/C13H11N3O2/c1-7-2-4-10-13(14-7)16-12(15-10)9-6-8(17)3-5-11(9)18/h2-6,17-18H,1H3,(H,14,15,16). The zero-order chi connectivity index (χ0) is 12.7. The highest BCUT2D eigenvalue weighted by Crippen LogP contribution is 2.31. The Kier molecular flexibility index (Phi) is 2.19. The van der Waals surface area contributed by atoms with Crippen molar-refractivity contribution >= 4 is 11.2 Å². The summed E-state index contributed by atoms with van der Waals surface area (Å²) in [5.74, 6) is 0.618. The summed E-state index contributed by atoms with van der Waals surface area (Å²) in [6.45, 7) is 1.89. The first-order valence-corrected chi connectivity index (χ1v) is 5.49. The van der Waals surface area contributed by atoms with Crippen molar-refractivity contribution in [1.29, 1.82) is 0 Å². The number of imidazole rings is 1. The molecule has 0 spiro atoms. The van der Waals surface area contributed by atoms with E-state index in [4.69, 9.17) is 0 Å². The Morgan fingerprint density at radius 1 is 1.06 bits per heavy atom. The predicted molar refractivity (Wildman–Crippen MR) is 67.4 cm³/mol. The molecule has 0 bridgehead atoms. The van der Waals surface area contributed by atoms with E-state index in [2.05, 4.69) is 15.0 Å². The summed E-state index contributed by atoms with van der Waals surface area (Å²) in [6.07, 6.45) is 0. The van der Waals surface area contributed by atoms with E-state index in [1.807, 2.05) is 19.1 Å². The molecule has 2 heterocycles. The number of hydrogen-bond acceptors (Lipinski definition) is 4. The zero-order valence-corrected chi connectivity index (χ0v) is 9.68. The smallest absolute Gasteiger partial charge is 0.178 e. The number of pyridine rings is 1. The van der Waals surface area contributed by atoms with Gasteiger partial charge < -0.3 is 15.2 Å². The van der Waals surface area contributed by atoms with Crippen molar-refractivity contribution < 1.29 is 10.2 Å². The number of rotatable bonds is 1. The molecule has 0 aliphatic carbocycles. The van der Waals surface area contributed by atoms with Crippen LogP contribution in [0.1, 0.15) is 5.69 Å². The second kappa shape index (κ2) is 3.73. The van der Waals surface area contributed by atoms with E-state index in [1.165, 1.54) is 18.2 Å². The molecule has 0 atom stereocenters. The first-order chi connectivity index (χ1) is 8.63. The molecule has 5 heteroatoms. The molecule has 0 saturated carbocycles. The normalized spacial score (nSPS) is 10.9. The maximum absolute atomic E-state index is 9.78. The number of hydrogen-bond donors (Lipinski definition) is 3. The molecule has 18 heavy (non-hydrogen) atoms. The molecule has 0 radical (unpaired) electrons. The second-order valence-corrected chi connectivity index (χ2v) is 4.11. The monoisotopic (exact) mass is 241 g/mol. The lowest BCUT2D eigenvalue weighted by atomic mass is 10.2. The van der Waals surface area contributed by atoms with Gasteiger partial charge in [-0.1, -0.05) is 0 Å². The third kappa shape index (κ3) is 1.66. The summed E-state index contributed by atoms with van der Waals surface area (Å²) in [5, 5.41) is 19.2. The van der Waals surface area contributed by atoms with Crippen molar-refractivity contribution in [2.45, 2.75) is 6.92 Å². The maximum Gasteiger partial charge on any atom is 0.178 e. The highest BCUT2D eigenvalue weighted by molar-refractivity contribution is 5.78. The maximum atomic E-state index is 9.78. The van der Waals surface area contributed by atoms with E-state index in [-0.39, 0.29) is 11.5 Å². The largest absolute Gasteiger partial charge is 0.508 e. The van der Waals surface area contributed by atoms with Gasteiger partial charge in [0.2, 0.25) is 0 Å². The Bertz CT molecular complexity index is 734. The van der Waals surface area contributed by atoms with E-state index in [0.717, 1.165) is 11.2 Å². The number of aromatic hydroxyl groups is 2. The van der Waals surface area contributed by atoms with Crippen LogP contribution < -0.4 is 0 Å². The number of nitrogens with one attached hydrogen (secondary N) is 1. The van der Waals surface area contributed by atoms with Gasteiger partial charge in [0.1, 0.15) is 17.3 Å². The summed E-state index contributed by atoms with van der Waals surface area (Å²) >= 11 is 0. The van der Waals surface area contributed by atoms with Crippen LogP contribution in [0.15, 0.2) is 30.3 Å². The van der Waals surface area contributed by atoms with Gasteiger partial charge in [0.25, 0.3) is 0 Å². The van der Waals surface area contributed by atoms with Crippen molar-refractivity contribution in [2.75, 3.05) is 0 Å². The highest BCUT2D eigenvalue weighted by Gasteiger charge is 2.11. The number of aromatic nitrogens is 3. The Labute approximate surface area is 103 Å². The number of benzene rings is 1. The van der Waals surface area contributed by atoms with Crippen LogP contribution in [0.4, 0.5) is 0 Å². The number of fused-ring (bicyclic) bond motifs is 1. The number of phenols is 2. The van der Waals surface area contributed by atoms with Crippen molar-refractivity contribution in [3.63, 3.8) is 0 Å². The number of aryl methyl sites for hydroxylation is 1. The van der Waals surface area contributed by atoms with Crippen LogP contribution in [0.25, 0.3) is 22.6 Å². The van der Waals surface area contributed by atoms with Gasteiger partial charge >= 0.3 is 0 Å². The Morgan fingerprint density at radius 3 is 2.72 bits per heavy atom. The lowest BCUT2D eigenvalue weighted by Crippen LogP contribution is -1.82. The molecule has 0 unspecified atom stereocenters. The summed E-state index contributed by atoms with van der Waals surface area (Å²) in [6, 6.07) is 8.07. The van der Waals surface area contributed by atoms with E-state index in [9.17, 15) is 10.2 Å². The Morgan fingerprint density at radius 2 is 1.89 bits per heavy atom. The molecule has 1 aromatic carbocycles. The molecule has 3 aromatic rings. The van der Waals surface area contributed by atoms with Crippen LogP contribution in [-0.4, -0.2) is 25.2 Å². The van der Waals surface area contributed by atoms with Crippen LogP contribution in [0.2, 0.25) is 0 Å². The fourth-order valence-corrected chi connectivity index (χ4v) is 1.83. The fourth-order valence-electron chi connectivity index (χ4n) is 1.83. The minimum Gasteiger partial charge on any atom is -0.508 e. The van der Waals surface area contributed by atoms with E-state index >= 15 is 0 Å². The van der Waals surface area contributed by atoms with Crippen molar-refractivity contribution in [2.24, 2.45) is 0 Å². The van der Waals surface area contributed by atoms with Crippen molar-refractivity contribution in [3.05, 3.63) is 36.0 Å². The highest BCUT2D eigenvalue weighted by atomic mass is 16.3. The molecular formula is C13H11N3O2. The van der Waals surface area contributed by atoms with E-state index in [0.29, 0.717) is 17.0 Å². The third-order valence-corrected chi connectivity index (χ3v) is 2.72. The molecule has 0 amide bonds. The molecule has 0 aliphatic rings. The molecule has 0 aliphatic heterocycles. The average molecular weight is 241 g/mol. The van der Waals surface area contributed by atoms with Gasteiger partial charge in [-0.2, -0.15) is 0 Å². The Hall–Kier alpha value is -2.56. The van der Waals surface area contributed by atoms with Gasteiger partial charge in [-0.15, -0.1) is 0 Å². The lowest BCUT2D eigenvalue weighted by Gasteiger charge is -2.01. The van der Waals surface area contributed by atoms with Gasteiger partial charge in [0.05, 0.1) is 11.1 Å². The first-order valence-electron chi connectivity index (χ1n) is 5.49. The summed E-state index contributed by atoms with van der Waals surface area (Å²) < 4.78 is 0. The van der Waals surface area contributed by atoms with Gasteiger partial charge in [-0.3, -0.25) is 0 Å². The molecular weight excluding hydrogens is 230 g/mol. The van der Waals surface area contributed by atoms with E-state index < -0.39 is 0 Å². The Balaban J connectivity index is 2.22. The third-order valence-electron chi connectivity index (χ3n) is 2.72. The predicted octanol–water partition coefficient (Wildman–Crippen LogP) is 2.34. The van der Waals surface area contributed by atoms with Gasteiger partial charge in [0.15, 0.2) is 5.65 Å². The molecule has 5 nitrogen and oxygen atoms in total. The minimum atomic E-state index is 0.0589. The van der Waals surface area contributed by atoms with Gasteiger partial charge in [-0.25, -0.2) is 9.97 Å². The number of aromatic amines is 1. The van der Waals surface area contributed by atoms with Crippen LogP contribution in [0.3, 0.4) is 0 Å². The first kappa shape index (κ1) is 10.6. The average Bonchev–Trinajstić information content (AvgIpc) is 2.74. The molecule has 0 saturated heterocycles. The topological polar surface area (TPSA) is 82.0 Å². The molecule has 3 N–H and O–H groups in total. The lowest BCUT2D eigenvalue weighted by molar-refractivity contribution is 0.461. The number of nitrogens with zero attached hydrogens (tertiary/aromatic N) is 2. The summed E-state index contributed by atoms with van der Waals surface area (Å²) in [5.41, 5.74) is 2.71. The molecule has 3 rings (SSSR count). The zero-order valence-electron chi connectivity index (χ0n) is 9.68. The SMILES string of the molecule is Cc1ccc2[nH]c(-c3cc(O)ccc3O)nc2n1. The second-order valence-electron chi connectivity index (χ2n) is 4.11. The molecule has 0 fully saturated rings. The minimum absolute atomic E-state index is 0.0589. The van der Waals surface area contributed by atoms with Crippen LogP contribution in [-0.2, 0) is 0 Å². The quantitative estimate of drug-likeness (QED) is 0.571. The van der Waals surface area contributed by atoms with Crippen LogP contribution >= 0.6 is 0 Å². The van der Waals surface area contributed by atoms with Crippen LogP contribution in [0, 0.1) is 6.92 Å². The van der Waals surface area contributed by atoms with Crippen molar-refractivity contribution in [1.82, 2.24) is 15.0 Å². The van der Waals surface area contributed by atoms with E-state index in [1.54, 1.807) is 0 Å². The van der Waals surface area contributed by atoms with Gasteiger partial charge in [0, 0.05) is 5.69 Å². The van der Waals surface area contributed by atoms with Crippen LogP contribution in [0.5, 0.6) is 11.5 Å². The number of phenolic OH excluding ortho intramolecular Hbond substituents is 2. The van der Waals surface area contributed by atoms with Crippen molar-refractivity contribution in [3.8, 4) is 22.9 Å². The fraction of sp³-hybridized carbons (Fsp3) is 0.0769.